The lowest BCUT2D eigenvalue weighted by molar-refractivity contribution is 0.331. The summed E-state index contributed by atoms with van der Waals surface area (Å²) in [5.74, 6) is 0. The summed E-state index contributed by atoms with van der Waals surface area (Å²) in [5, 5.41) is 3.72. The van der Waals surface area contributed by atoms with E-state index in [-0.39, 0.29) is 0 Å². The van der Waals surface area contributed by atoms with Crippen LogP contribution in [0.1, 0.15) is 64.1 Å². The molecule has 0 radical (unpaired) electrons. The van der Waals surface area contributed by atoms with Gasteiger partial charge >= 0.3 is 0 Å². The highest BCUT2D eigenvalue weighted by molar-refractivity contribution is 14.1. The number of halogens is 1. The first-order valence-corrected chi connectivity index (χ1v) is 8.41. The van der Waals surface area contributed by atoms with Gasteiger partial charge in [0.25, 0.3) is 0 Å². The lowest BCUT2D eigenvalue weighted by Crippen LogP contribution is -2.24. The van der Waals surface area contributed by atoms with Crippen molar-refractivity contribution in [1.82, 2.24) is 5.32 Å². The number of rotatable bonds is 6. The summed E-state index contributed by atoms with van der Waals surface area (Å²) in [6, 6.07) is 7.16. The van der Waals surface area contributed by atoms with Gasteiger partial charge in [-0.25, -0.2) is 0 Å². The van der Waals surface area contributed by atoms with Crippen LogP contribution in [0.3, 0.4) is 0 Å². The molecule has 0 amide bonds. The van der Waals surface area contributed by atoms with Crippen LogP contribution in [0.5, 0.6) is 0 Å². The molecule has 0 heterocycles. The minimum Gasteiger partial charge on any atom is -0.310 e. The van der Waals surface area contributed by atoms with E-state index < -0.39 is 0 Å². The molecule has 0 fully saturated rings. The zero-order chi connectivity index (χ0) is 14.5. The van der Waals surface area contributed by atoms with Gasteiger partial charge in [-0.2, -0.15) is 0 Å². The average Bonchev–Trinajstić information content (AvgIpc) is 2.32. The molecule has 1 aromatic carbocycles. The fourth-order valence-electron chi connectivity index (χ4n) is 2.20. The van der Waals surface area contributed by atoms with Gasteiger partial charge in [-0.1, -0.05) is 45.9 Å². The Hall–Kier alpha value is -0.0900. The Labute approximate surface area is 132 Å². The van der Waals surface area contributed by atoms with E-state index in [0.717, 1.165) is 6.54 Å². The van der Waals surface area contributed by atoms with Crippen LogP contribution in [-0.4, -0.2) is 6.54 Å². The van der Waals surface area contributed by atoms with Gasteiger partial charge < -0.3 is 5.32 Å². The Morgan fingerprint density at radius 3 is 2.53 bits per heavy atom. The first-order valence-electron chi connectivity index (χ1n) is 7.33. The first kappa shape index (κ1) is 17.0. The van der Waals surface area contributed by atoms with Crippen molar-refractivity contribution in [1.29, 1.82) is 0 Å². The fraction of sp³-hybridized carbons (Fsp3) is 0.647. The molecule has 0 aliphatic heterocycles. The minimum absolute atomic E-state index is 0.404. The minimum atomic E-state index is 0.404. The third kappa shape index (κ3) is 5.82. The smallest absolute Gasteiger partial charge is 0.0331 e. The Bertz CT molecular complexity index is 393. The standard InChI is InChI=1S/C17H28IN/c1-6-12-19-15(10-11-17(3,4)5)14-9-7-8-13(2)16(14)18/h7-9,15,19H,6,10-12H2,1-5H3. The fourth-order valence-corrected chi connectivity index (χ4v) is 2.94. The summed E-state index contributed by atoms with van der Waals surface area (Å²) >= 11 is 2.49. The van der Waals surface area contributed by atoms with Crippen molar-refractivity contribution in [2.75, 3.05) is 6.54 Å². The van der Waals surface area contributed by atoms with Crippen LogP contribution in [0.25, 0.3) is 0 Å². The quantitative estimate of drug-likeness (QED) is 0.653. The van der Waals surface area contributed by atoms with Gasteiger partial charge in [0.2, 0.25) is 0 Å². The molecule has 1 rings (SSSR count). The number of benzene rings is 1. The molecule has 108 valence electrons. The molecule has 1 aromatic rings. The Morgan fingerprint density at radius 2 is 1.95 bits per heavy atom. The van der Waals surface area contributed by atoms with E-state index in [9.17, 15) is 0 Å². The molecule has 0 saturated carbocycles. The molecule has 0 aliphatic carbocycles. The summed E-state index contributed by atoms with van der Waals surface area (Å²) in [4.78, 5) is 0. The molecule has 1 nitrogen and oxygen atoms in total. The molecular weight excluding hydrogens is 345 g/mol. The van der Waals surface area contributed by atoms with Gasteiger partial charge in [-0.3, -0.25) is 0 Å². The summed E-state index contributed by atoms with van der Waals surface area (Å²) in [5.41, 5.74) is 3.26. The zero-order valence-corrected chi connectivity index (χ0v) is 15.2. The maximum absolute atomic E-state index is 3.72. The van der Waals surface area contributed by atoms with Crippen molar-refractivity contribution in [3.63, 3.8) is 0 Å². The normalized spacial score (nSPS) is 13.6. The topological polar surface area (TPSA) is 12.0 Å². The van der Waals surface area contributed by atoms with Gasteiger partial charge in [0, 0.05) is 9.61 Å². The second kappa shape index (κ2) is 7.63. The Balaban J connectivity index is 2.86. The monoisotopic (exact) mass is 373 g/mol. The number of hydrogen-bond acceptors (Lipinski definition) is 1. The van der Waals surface area contributed by atoms with Crippen molar-refractivity contribution in [3.05, 3.63) is 32.9 Å². The van der Waals surface area contributed by atoms with Crippen LogP contribution < -0.4 is 5.32 Å². The van der Waals surface area contributed by atoms with E-state index in [1.54, 1.807) is 0 Å². The maximum Gasteiger partial charge on any atom is 0.0331 e. The van der Waals surface area contributed by atoms with Gasteiger partial charge in [-0.15, -0.1) is 0 Å². The first-order chi connectivity index (χ1) is 8.85. The zero-order valence-electron chi connectivity index (χ0n) is 13.0. The molecule has 19 heavy (non-hydrogen) atoms. The van der Waals surface area contributed by atoms with E-state index >= 15 is 0 Å². The number of hydrogen-bond donors (Lipinski definition) is 1. The van der Waals surface area contributed by atoms with Crippen molar-refractivity contribution in [2.24, 2.45) is 5.41 Å². The average molecular weight is 373 g/mol. The van der Waals surface area contributed by atoms with Gasteiger partial charge in [-0.05, 0) is 71.9 Å². The number of nitrogens with one attached hydrogen (secondary N) is 1. The van der Waals surface area contributed by atoms with Gasteiger partial charge in [0.15, 0.2) is 0 Å². The predicted molar refractivity (Wildman–Crippen MR) is 93.6 cm³/mol. The van der Waals surface area contributed by atoms with Crippen LogP contribution in [0.4, 0.5) is 0 Å². The molecular formula is C17H28IN. The second-order valence-electron chi connectivity index (χ2n) is 6.58. The maximum atomic E-state index is 3.72. The largest absolute Gasteiger partial charge is 0.310 e. The highest BCUT2D eigenvalue weighted by Gasteiger charge is 2.18. The summed E-state index contributed by atoms with van der Waals surface area (Å²) in [6.45, 7) is 12.5. The van der Waals surface area contributed by atoms with E-state index in [1.807, 2.05) is 0 Å². The summed E-state index contributed by atoms with van der Waals surface area (Å²) < 4.78 is 1.42. The Kier molecular flexibility index (Phi) is 6.81. The predicted octanol–water partition coefficient (Wildman–Crippen LogP) is 5.47. The Morgan fingerprint density at radius 1 is 1.26 bits per heavy atom. The van der Waals surface area contributed by atoms with Crippen molar-refractivity contribution >= 4 is 22.6 Å². The highest BCUT2D eigenvalue weighted by Crippen LogP contribution is 2.30. The van der Waals surface area contributed by atoms with Gasteiger partial charge in [0.1, 0.15) is 0 Å². The molecule has 1 atom stereocenters. The van der Waals surface area contributed by atoms with E-state index in [1.165, 1.54) is 34.0 Å². The summed E-state index contributed by atoms with van der Waals surface area (Å²) in [6.07, 6.45) is 3.65. The lowest BCUT2D eigenvalue weighted by atomic mass is 9.87. The molecule has 2 heteroatoms. The molecule has 1 N–H and O–H groups in total. The molecule has 1 unspecified atom stereocenters. The van der Waals surface area contributed by atoms with E-state index in [4.69, 9.17) is 0 Å². The third-order valence-electron chi connectivity index (χ3n) is 3.42. The third-order valence-corrected chi connectivity index (χ3v) is 4.89. The highest BCUT2D eigenvalue weighted by atomic mass is 127. The second-order valence-corrected chi connectivity index (χ2v) is 7.66. The van der Waals surface area contributed by atoms with Crippen molar-refractivity contribution < 1.29 is 0 Å². The van der Waals surface area contributed by atoms with Gasteiger partial charge in [0.05, 0.1) is 0 Å². The lowest BCUT2D eigenvalue weighted by Gasteiger charge is -2.25. The van der Waals surface area contributed by atoms with Crippen molar-refractivity contribution in [3.8, 4) is 0 Å². The van der Waals surface area contributed by atoms with Crippen LogP contribution in [0.2, 0.25) is 0 Å². The van der Waals surface area contributed by atoms with Crippen LogP contribution in [0, 0.1) is 15.9 Å². The molecule has 0 saturated heterocycles. The van der Waals surface area contributed by atoms with Crippen molar-refractivity contribution in [2.45, 2.75) is 59.9 Å². The SMILES string of the molecule is CCCNC(CCC(C)(C)C)c1cccc(C)c1I. The molecule has 0 aromatic heterocycles. The van der Waals surface area contributed by atoms with Crippen LogP contribution in [-0.2, 0) is 0 Å². The van der Waals surface area contributed by atoms with Crippen LogP contribution >= 0.6 is 22.6 Å². The van der Waals surface area contributed by atoms with E-state index in [0.29, 0.717) is 11.5 Å². The van der Waals surface area contributed by atoms with E-state index in [2.05, 4.69) is 80.7 Å². The molecule has 0 aliphatic rings. The molecule has 0 spiro atoms. The molecule has 0 bridgehead atoms. The van der Waals surface area contributed by atoms with Crippen LogP contribution in [0.15, 0.2) is 18.2 Å². The number of aryl methyl sites for hydroxylation is 1. The summed E-state index contributed by atoms with van der Waals surface area (Å²) in [7, 11) is 0.